The largest absolute Gasteiger partial charge is 0.507 e. The van der Waals surface area contributed by atoms with Gasteiger partial charge in [0.1, 0.15) is 5.75 Å². The van der Waals surface area contributed by atoms with Crippen LogP contribution in [0.15, 0.2) is 12.1 Å². The number of piperazine rings is 1. The maximum absolute atomic E-state index is 9.81. The maximum atomic E-state index is 9.81. The van der Waals surface area contributed by atoms with E-state index in [2.05, 4.69) is 10.2 Å². The molecule has 4 heteroatoms. The normalized spacial score (nSPS) is 18.8. The van der Waals surface area contributed by atoms with Gasteiger partial charge in [0.15, 0.2) is 0 Å². The summed E-state index contributed by atoms with van der Waals surface area (Å²) in [6.45, 7) is 7.74. The number of nitrogens with zero attached hydrogens (tertiary/aromatic N) is 1. The van der Waals surface area contributed by atoms with E-state index in [1.165, 1.54) is 0 Å². The van der Waals surface area contributed by atoms with Gasteiger partial charge in [-0.05, 0) is 30.5 Å². The van der Waals surface area contributed by atoms with E-state index in [4.69, 9.17) is 0 Å². The third kappa shape index (κ3) is 2.66. The van der Waals surface area contributed by atoms with Crippen molar-refractivity contribution in [1.82, 2.24) is 10.2 Å². The van der Waals surface area contributed by atoms with Gasteiger partial charge in [0, 0.05) is 26.2 Å². The lowest BCUT2D eigenvalue weighted by Crippen LogP contribution is -2.46. The molecular weight excluding hydrogens is 228 g/mol. The van der Waals surface area contributed by atoms with Crippen LogP contribution in [0, 0.1) is 13.8 Å². The number of phenolic OH excluding ortho intramolecular Hbond substituents is 1. The Morgan fingerprint density at radius 2 is 1.78 bits per heavy atom. The quantitative estimate of drug-likeness (QED) is 0.747. The molecule has 0 aromatic heterocycles. The first kappa shape index (κ1) is 13.3. The Morgan fingerprint density at radius 1 is 1.22 bits per heavy atom. The lowest BCUT2D eigenvalue weighted by molar-refractivity contribution is 0.110. The highest BCUT2D eigenvalue weighted by Crippen LogP contribution is 2.28. The zero-order chi connectivity index (χ0) is 13.1. The number of aliphatic hydroxyl groups is 1. The summed E-state index contributed by atoms with van der Waals surface area (Å²) in [7, 11) is 0. The number of aromatic hydroxyl groups is 1. The second-order valence-electron chi connectivity index (χ2n) is 4.99. The standard InChI is InChI=1S/C14H22N2O2/c1-10-7-12(8-11(2)14(10)18)13(9-17)16-5-3-15-4-6-16/h7-8,13,15,17-18H,3-6,9H2,1-2H3/t13-/m0/s1. The van der Waals surface area contributed by atoms with E-state index in [-0.39, 0.29) is 12.6 Å². The van der Waals surface area contributed by atoms with E-state index in [0.29, 0.717) is 5.75 Å². The fourth-order valence-electron chi connectivity index (χ4n) is 2.61. The zero-order valence-electron chi connectivity index (χ0n) is 11.1. The molecule has 1 aliphatic rings. The summed E-state index contributed by atoms with van der Waals surface area (Å²) >= 11 is 0. The van der Waals surface area contributed by atoms with E-state index in [9.17, 15) is 10.2 Å². The minimum atomic E-state index is 0.0325. The van der Waals surface area contributed by atoms with Crippen LogP contribution in [0.3, 0.4) is 0 Å². The van der Waals surface area contributed by atoms with E-state index >= 15 is 0 Å². The van der Waals surface area contributed by atoms with Crippen molar-refractivity contribution in [2.24, 2.45) is 0 Å². The van der Waals surface area contributed by atoms with Crippen LogP contribution >= 0.6 is 0 Å². The Kier molecular flexibility index (Phi) is 4.22. The maximum Gasteiger partial charge on any atom is 0.121 e. The van der Waals surface area contributed by atoms with Crippen molar-refractivity contribution in [3.05, 3.63) is 28.8 Å². The molecule has 100 valence electrons. The number of aliphatic hydroxyl groups excluding tert-OH is 1. The third-order valence-corrected chi connectivity index (χ3v) is 3.66. The Hall–Kier alpha value is -1.10. The molecule has 3 N–H and O–H groups in total. The van der Waals surface area contributed by atoms with Gasteiger partial charge < -0.3 is 15.5 Å². The molecule has 1 saturated heterocycles. The molecule has 1 atom stereocenters. The Morgan fingerprint density at radius 3 is 2.28 bits per heavy atom. The summed E-state index contributed by atoms with van der Waals surface area (Å²) in [6.07, 6.45) is 0. The number of benzene rings is 1. The van der Waals surface area contributed by atoms with Gasteiger partial charge in [0.25, 0.3) is 0 Å². The van der Waals surface area contributed by atoms with E-state index < -0.39 is 0 Å². The fraction of sp³-hybridized carbons (Fsp3) is 0.571. The molecule has 0 saturated carbocycles. The van der Waals surface area contributed by atoms with Gasteiger partial charge in [0.2, 0.25) is 0 Å². The van der Waals surface area contributed by atoms with Crippen molar-refractivity contribution in [1.29, 1.82) is 0 Å². The van der Waals surface area contributed by atoms with E-state index in [0.717, 1.165) is 42.9 Å². The first-order chi connectivity index (χ1) is 8.63. The third-order valence-electron chi connectivity index (χ3n) is 3.66. The summed E-state index contributed by atoms with van der Waals surface area (Å²) in [5, 5.41) is 22.8. The second-order valence-corrected chi connectivity index (χ2v) is 4.99. The molecule has 1 fully saturated rings. The highest BCUT2D eigenvalue weighted by molar-refractivity contribution is 5.43. The van der Waals surface area contributed by atoms with Crippen molar-refractivity contribution < 1.29 is 10.2 Å². The topological polar surface area (TPSA) is 55.7 Å². The highest BCUT2D eigenvalue weighted by atomic mass is 16.3. The van der Waals surface area contributed by atoms with Crippen molar-refractivity contribution in [3.63, 3.8) is 0 Å². The predicted octanol–water partition coefficient (Wildman–Crippen LogP) is 0.948. The zero-order valence-corrected chi connectivity index (χ0v) is 11.1. The van der Waals surface area contributed by atoms with Gasteiger partial charge in [-0.1, -0.05) is 12.1 Å². The van der Waals surface area contributed by atoms with Crippen LogP contribution in [0.4, 0.5) is 0 Å². The van der Waals surface area contributed by atoms with Crippen LogP contribution in [0.2, 0.25) is 0 Å². The molecule has 18 heavy (non-hydrogen) atoms. The molecule has 1 aromatic rings. The molecule has 1 aliphatic heterocycles. The summed E-state index contributed by atoms with van der Waals surface area (Å²) in [4.78, 5) is 2.29. The predicted molar refractivity (Wildman–Crippen MR) is 71.9 cm³/mol. The number of phenols is 1. The van der Waals surface area contributed by atoms with Gasteiger partial charge in [-0.3, -0.25) is 4.90 Å². The van der Waals surface area contributed by atoms with Crippen molar-refractivity contribution in [2.45, 2.75) is 19.9 Å². The highest BCUT2D eigenvalue weighted by Gasteiger charge is 2.22. The molecule has 0 radical (unpaired) electrons. The molecule has 0 unspecified atom stereocenters. The van der Waals surface area contributed by atoms with E-state index in [1.54, 1.807) is 0 Å². The summed E-state index contributed by atoms with van der Waals surface area (Å²) < 4.78 is 0. The van der Waals surface area contributed by atoms with Crippen LogP contribution in [-0.2, 0) is 0 Å². The Balaban J connectivity index is 2.26. The van der Waals surface area contributed by atoms with Gasteiger partial charge in [-0.2, -0.15) is 0 Å². The average Bonchev–Trinajstić information content (AvgIpc) is 2.38. The minimum absolute atomic E-state index is 0.0325. The van der Waals surface area contributed by atoms with Gasteiger partial charge in [-0.15, -0.1) is 0 Å². The number of nitrogens with one attached hydrogen (secondary N) is 1. The monoisotopic (exact) mass is 250 g/mol. The van der Waals surface area contributed by atoms with Crippen LogP contribution < -0.4 is 5.32 Å². The molecule has 1 heterocycles. The second kappa shape index (κ2) is 5.69. The number of hydrogen-bond acceptors (Lipinski definition) is 4. The van der Waals surface area contributed by atoms with Gasteiger partial charge in [0.05, 0.1) is 12.6 Å². The lowest BCUT2D eigenvalue weighted by atomic mass is 9.99. The number of aryl methyl sites for hydroxylation is 2. The average molecular weight is 250 g/mol. The van der Waals surface area contributed by atoms with Crippen LogP contribution in [0.1, 0.15) is 22.7 Å². The van der Waals surface area contributed by atoms with Crippen LogP contribution in [-0.4, -0.2) is 47.9 Å². The molecule has 0 spiro atoms. The first-order valence-electron chi connectivity index (χ1n) is 6.49. The molecule has 0 bridgehead atoms. The SMILES string of the molecule is Cc1cc([C@H](CO)N2CCNCC2)cc(C)c1O. The number of rotatable bonds is 3. The Bertz CT molecular complexity index is 391. The minimum Gasteiger partial charge on any atom is -0.507 e. The molecule has 4 nitrogen and oxygen atoms in total. The van der Waals surface area contributed by atoms with Crippen LogP contribution in [0.25, 0.3) is 0 Å². The van der Waals surface area contributed by atoms with E-state index in [1.807, 2.05) is 26.0 Å². The Labute approximate surface area is 108 Å². The van der Waals surface area contributed by atoms with Gasteiger partial charge in [-0.25, -0.2) is 0 Å². The van der Waals surface area contributed by atoms with Crippen LogP contribution in [0.5, 0.6) is 5.75 Å². The smallest absolute Gasteiger partial charge is 0.121 e. The molecule has 2 rings (SSSR count). The van der Waals surface area contributed by atoms with Crippen molar-refractivity contribution in [2.75, 3.05) is 32.8 Å². The van der Waals surface area contributed by atoms with Gasteiger partial charge >= 0.3 is 0 Å². The lowest BCUT2D eigenvalue weighted by Gasteiger charge is -2.34. The summed E-state index contributed by atoms with van der Waals surface area (Å²) in [5.74, 6) is 0.357. The number of hydrogen-bond donors (Lipinski definition) is 3. The molecule has 0 amide bonds. The fourth-order valence-corrected chi connectivity index (χ4v) is 2.61. The summed E-state index contributed by atoms with van der Waals surface area (Å²) in [6, 6.07) is 3.99. The first-order valence-corrected chi connectivity index (χ1v) is 6.49. The summed E-state index contributed by atoms with van der Waals surface area (Å²) in [5.41, 5.74) is 2.84. The molecule has 0 aliphatic carbocycles. The molecular formula is C14H22N2O2. The van der Waals surface area contributed by atoms with Crippen molar-refractivity contribution >= 4 is 0 Å². The van der Waals surface area contributed by atoms with Crippen molar-refractivity contribution in [3.8, 4) is 5.75 Å². The molecule has 1 aromatic carbocycles.